The molecule has 234 valence electrons. The molecule has 0 saturated carbocycles. The van der Waals surface area contributed by atoms with E-state index in [0.29, 0.717) is 59.4 Å². The first-order chi connectivity index (χ1) is 22.3. The summed E-state index contributed by atoms with van der Waals surface area (Å²) in [5.74, 6) is -0.341. The molecule has 0 fully saturated rings. The monoisotopic (exact) mass is 614 g/mol. The predicted molar refractivity (Wildman–Crippen MR) is 183 cm³/mol. The summed E-state index contributed by atoms with van der Waals surface area (Å²) in [6, 6.07) is 19.2. The highest BCUT2D eigenvalue weighted by Crippen LogP contribution is 2.25. The lowest BCUT2D eigenvalue weighted by atomic mass is 10.1. The van der Waals surface area contributed by atoms with Crippen LogP contribution in [0.4, 0.5) is 0 Å². The third-order valence-electron chi connectivity index (χ3n) is 8.19. The first-order valence-corrected chi connectivity index (χ1v) is 15.6. The number of carbonyl (C=O) groups is 2. The molecule has 4 N–H and O–H groups in total. The van der Waals surface area contributed by atoms with Gasteiger partial charge in [-0.1, -0.05) is 36.4 Å². The van der Waals surface area contributed by atoms with Crippen LogP contribution < -0.4 is 21.3 Å². The lowest BCUT2D eigenvalue weighted by Crippen LogP contribution is -2.37. The number of carbonyl (C=O) groups excluding carboxylic acids is 2. The normalized spacial score (nSPS) is 11.5. The largest absolute Gasteiger partial charge is 0.351 e. The summed E-state index contributed by atoms with van der Waals surface area (Å²) in [6.07, 6.45) is 0. The molecule has 0 unspecified atom stereocenters. The molecule has 10 nitrogen and oxygen atoms in total. The minimum Gasteiger partial charge on any atom is -0.351 e. The van der Waals surface area contributed by atoms with Crippen LogP contribution in [0.5, 0.6) is 0 Å². The maximum atomic E-state index is 13.0. The van der Waals surface area contributed by atoms with E-state index in [1.165, 1.54) is 0 Å². The number of amides is 2. The first kappa shape index (κ1) is 30.9. The Morgan fingerprint density at radius 2 is 0.804 bits per heavy atom. The molecule has 6 aromatic rings. The molecule has 0 spiro atoms. The molecule has 2 amide bonds. The van der Waals surface area contributed by atoms with Gasteiger partial charge in [0.25, 0.3) is 11.8 Å². The molecular formula is C36H38N8O2. The van der Waals surface area contributed by atoms with Crippen molar-refractivity contribution in [3.05, 3.63) is 94.0 Å². The van der Waals surface area contributed by atoms with E-state index < -0.39 is 0 Å². The van der Waals surface area contributed by atoms with Gasteiger partial charge in [0.1, 0.15) is 11.0 Å². The van der Waals surface area contributed by atoms with Crippen LogP contribution in [0.25, 0.3) is 44.1 Å². The lowest BCUT2D eigenvalue weighted by molar-refractivity contribution is 0.0947. The zero-order valence-corrected chi connectivity index (χ0v) is 26.6. The maximum Gasteiger partial charge on any atom is 0.253 e. The number of hydrogen-bond acceptors (Lipinski definition) is 8. The molecule has 10 heteroatoms. The van der Waals surface area contributed by atoms with Crippen LogP contribution in [-0.4, -0.2) is 71.0 Å². The van der Waals surface area contributed by atoms with Crippen LogP contribution in [0.15, 0.2) is 60.7 Å². The Balaban J connectivity index is 0.931. The first-order valence-electron chi connectivity index (χ1n) is 15.6. The summed E-state index contributed by atoms with van der Waals surface area (Å²) in [4.78, 5) is 45.3. The van der Waals surface area contributed by atoms with Crippen LogP contribution in [-0.2, 0) is 0 Å². The molecule has 46 heavy (non-hydrogen) atoms. The topological polar surface area (TPSA) is 134 Å². The molecule has 2 heterocycles. The number of para-hydroxylation sites is 2. The van der Waals surface area contributed by atoms with E-state index in [4.69, 9.17) is 19.9 Å². The van der Waals surface area contributed by atoms with Crippen molar-refractivity contribution < 1.29 is 9.59 Å². The van der Waals surface area contributed by atoms with Gasteiger partial charge in [-0.2, -0.15) is 0 Å². The number of aryl methyl sites for hydroxylation is 4. The number of hydrogen-bond donors (Lipinski definition) is 4. The van der Waals surface area contributed by atoms with Crippen molar-refractivity contribution in [2.45, 2.75) is 27.7 Å². The average molecular weight is 615 g/mol. The fourth-order valence-corrected chi connectivity index (χ4v) is 5.58. The zero-order chi connectivity index (χ0) is 32.2. The van der Waals surface area contributed by atoms with E-state index in [9.17, 15) is 9.59 Å². The summed E-state index contributed by atoms with van der Waals surface area (Å²) < 4.78 is 0. The Kier molecular flexibility index (Phi) is 9.09. The summed E-state index contributed by atoms with van der Waals surface area (Å²) in [6.45, 7) is 11.7. The van der Waals surface area contributed by atoms with Crippen LogP contribution in [0.3, 0.4) is 0 Å². The molecule has 0 radical (unpaired) electrons. The van der Waals surface area contributed by atoms with Gasteiger partial charge in [-0.15, -0.1) is 0 Å². The van der Waals surface area contributed by atoms with E-state index in [1.54, 1.807) is 12.1 Å². The smallest absolute Gasteiger partial charge is 0.253 e. The van der Waals surface area contributed by atoms with Gasteiger partial charge in [0.15, 0.2) is 0 Å². The van der Waals surface area contributed by atoms with Gasteiger partial charge >= 0.3 is 0 Å². The van der Waals surface area contributed by atoms with Crippen LogP contribution in [0.1, 0.15) is 43.0 Å². The Morgan fingerprint density at radius 3 is 1.20 bits per heavy atom. The highest BCUT2D eigenvalue weighted by molar-refractivity contribution is 6.07. The van der Waals surface area contributed by atoms with Gasteiger partial charge in [0.2, 0.25) is 0 Å². The second-order valence-electron chi connectivity index (χ2n) is 11.6. The van der Waals surface area contributed by atoms with E-state index >= 15 is 0 Å². The van der Waals surface area contributed by atoms with E-state index in [0.717, 1.165) is 57.4 Å². The Bertz CT molecular complexity index is 1960. The second kappa shape index (κ2) is 13.5. The van der Waals surface area contributed by atoms with Gasteiger partial charge in [-0.25, -0.2) is 19.9 Å². The third-order valence-corrected chi connectivity index (χ3v) is 8.19. The van der Waals surface area contributed by atoms with Crippen LogP contribution in [0.2, 0.25) is 0 Å². The summed E-state index contributed by atoms with van der Waals surface area (Å²) in [5.41, 5.74) is 11.2. The number of benzene rings is 4. The minimum atomic E-state index is -0.171. The third kappa shape index (κ3) is 6.35. The fourth-order valence-electron chi connectivity index (χ4n) is 5.58. The summed E-state index contributed by atoms with van der Waals surface area (Å²) >= 11 is 0. The Hall–Kier alpha value is -5.06. The van der Waals surface area contributed by atoms with Crippen molar-refractivity contribution in [2.75, 3.05) is 39.3 Å². The highest BCUT2D eigenvalue weighted by Gasteiger charge is 2.16. The Morgan fingerprint density at radius 1 is 0.457 bits per heavy atom. The Labute approximate surface area is 267 Å². The number of rotatable bonds is 11. The van der Waals surface area contributed by atoms with Crippen molar-refractivity contribution in [1.82, 2.24) is 41.2 Å². The van der Waals surface area contributed by atoms with Crippen molar-refractivity contribution in [3.63, 3.8) is 0 Å². The molecule has 0 bridgehead atoms. The molecule has 0 aliphatic heterocycles. The van der Waals surface area contributed by atoms with Gasteiger partial charge in [-0.3, -0.25) is 9.59 Å². The number of nitrogens with zero attached hydrogens (tertiary/aromatic N) is 4. The highest BCUT2D eigenvalue weighted by atomic mass is 16.2. The quantitative estimate of drug-likeness (QED) is 0.124. The van der Waals surface area contributed by atoms with Gasteiger partial charge in [0.05, 0.1) is 44.2 Å². The molecular weight excluding hydrogens is 576 g/mol. The van der Waals surface area contributed by atoms with Gasteiger partial charge < -0.3 is 21.3 Å². The molecule has 6 rings (SSSR count). The van der Waals surface area contributed by atoms with Crippen molar-refractivity contribution in [1.29, 1.82) is 0 Å². The predicted octanol–water partition coefficient (Wildman–Crippen LogP) is 4.45. The summed E-state index contributed by atoms with van der Waals surface area (Å²) in [5, 5.41) is 12.6. The lowest BCUT2D eigenvalue weighted by Gasteiger charge is -2.11. The molecule has 4 aromatic carbocycles. The fraction of sp³-hybridized carbons (Fsp3) is 0.278. The van der Waals surface area contributed by atoms with Gasteiger partial charge in [-0.05, 0) is 74.2 Å². The standard InChI is InChI=1S/C36H38N8O2/c1-21-11-13-23(3)31-29(21)41-27-9-5-7-25(33(27)43-31)35(45)39-19-17-37-15-16-38-18-20-40-36(46)26-8-6-10-28-34(26)44-32-24(4)14-12-22(2)30(32)42-28/h5-14,37-38H,15-20H2,1-4H3,(H,39,45)(H,40,46). The zero-order valence-electron chi connectivity index (χ0n) is 26.6. The van der Waals surface area contributed by atoms with E-state index in [1.807, 2.05) is 76.2 Å². The van der Waals surface area contributed by atoms with Crippen molar-refractivity contribution in [2.24, 2.45) is 0 Å². The number of fused-ring (bicyclic) bond motifs is 4. The minimum absolute atomic E-state index is 0.171. The second-order valence-corrected chi connectivity index (χ2v) is 11.6. The summed E-state index contributed by atoms with van der Waals surface area (Å²) in [7, 11) is 0. The average Bonchev–Trinajstić information content (AvgIpc) is 3.07. The molecule has 0 aliphatic carbocycles. The van der Waals surface area contributed by atoms with Crippen molar-refractivity contribution in [3.8, 4) is 0 Å². The van der Waals surface area contributed by atoms with Gasteiger partial charge in [0, 0.05) is 39.3 Å². The van der Waals surface area contributed by atoms with Crippen LogP contribution >= 0.6 is 0 Å². The molecule has 0 atom stereocenters. The van der Waals surface area contributed by atoms with Crippen molar-refractivity contribution >= 4 is 55.9 Å². The van der Waals surface area contributed by atoms with Crippen LogP contribution in [0, 0.1) is 27.7 Å². The van der Waals surface area contributed by atoms with E-state index in [-0.39, 0.29) is 11.8 Å². The molecule has 0 saturated heterocycles. The maximum absolute atomic E-state index is 13.0. The van der Waals surface area contributed by atoms with E-state index in [2.05, 4.69) is 21.3 Å². The SMILES string of the molecule is Cc1ccc(C)c2nc3c(C(=O)NCCNCCNCCNC(=O)c4cccc5nc6c(C)ccc(C)c6nc45)cccc3nc12. The number of aromatic nitrogens is 4. The number of nitrogens with one attached hydrogen (secondary N) is 4. The molecule has 0 aliphatic rings. The molecule has 2 aromatic heterocycles.